The van der Waals surface area contributed by atoms with Crippen LogP contribution >= 0.6 is 0 Å². The Labute approximate surface area is 107 Å². The van der Waals surface area contributed by atoms with E-state index in [1.54, 1.807) is 0 Å². The normalized spacial score (nSPS) is 13.8. The van der Waals surface area contributed by atoms with Crippen LogP contribution in [-0.2, 0) is 0 Å². The maximum atomic E-state index is 10.2. The van der Waals surface area contributed by atoms with Gasteiger partial charge >= 0.3 is 0 Å². The number of ether oxygens (including phenoxy) is 1. The number of aliphatic hydroxyl groups excluding tert-OH is 1. The van der Waals surface area contributed by atoms with Crippen LogP contribution < -0.4 is 4.74 Å². The molecule has 3 heteroatoms. The molecule has 0 fully saturated rings. The standard InChI is InChI=1S/C15H20O3/c1-5-17-11-8-6-7-10-9-12(18-13(10)11)14(16)15(2,3)4/h6-9,14,16H,5H2,1-4H3. The zero-order valence-electron chi connectivity index (χ0n) is 11.4. The van der Waals surface area contributed by atoms with Crippen molar-refractivity contribution in [3.05, 3.63) is 30.0 Å². The first-order valence-corrected chi connectivity index (χ1v) is 6.27. The van der Waals surface area contributed by atoms with E-state index in [1.807, 2.05) is 52.0 Å². The third-order valence-electron chi connectivity index (χ3n) is 2.92. The lowest BCUT2D eigenvalue weighted by Crippen LogP contribution is -2.16. The lowest BCUT2D eigenvalue weighted by Gasteiger charge is -2.23. The Balaban J connectivity index is 2.47. The van der Waals surface area contributed by atoms with Gasteiger partial charge in [-0.15, -0.1) is 0 Å². The van der Waals surface area contributed by atoms with E-state index >= 15 is 0 Å². The van der Waals surface area contributed by atoms with Gasteiger partial charge < -0.3 is 14.3 Å². The number of benzene rings is 1. The predicted octanol–water partition coefficient (Wildman–Crippen LogP) is 3.91. The molecule has 2 aromatic rings. The van der Waals surface area contributed by atoms with Crippen LogP contribution in [0.25, 0.3) is 11.0 Å². The highest BCUT2D eigenvalue weighted by Gasteiger charge is 2.27. The van der Waals surface area contributed by atoms with Gasteiger partial charge in [-0.1, -0.05) is 32.9 Å². The predicted molar refractivity (Wildman–Crippen MR) is 71.8 cm³/mol. The molecular formula is C15H20O3. The van der Waals surface area contributed by atoms with Crippen LogP contribution in [0.4, 0.5) is 0 Å². The summed E-state index contributed by atoms with van der Waals surface area (Å²) in [6.45, 7) is 8.47. The molecule has 0 amide bonds. The molecule has 1 heterocycles. The Morgan fingerprint density at radius 1 is 1.33 bits per heavy atom. The van der Waals surface area contributed by atoms with Crippen LogP contribution in [0.15, 0.2) is 28.7 Å². The highest BCUT2D eigenvalue weighted by atomic mass is 16.5. The minimum Gasteiger partial charge on any atom is -0.490 e. The number of hydrogen-bond acceptors (Lipinski definition) is 3. The van der Waals surface area contributed by atoms with Gasteiger partial charge in [-0.25, -0.2) is 0 Å². The van der Waals surface area contributed by atoms with Gasteiger partial charge in [-0.2, -0.15) is 0 Å². The molecule has 0 aliphatic carbocycles. The number of fused-ring (bicyclic) bond motifs is 1. The summed E-state index contributed by atoms with van der Waals surface area (Å²) in [7, 11) is 0. The molecule has 0 bridgehead atoms. The van der Waals surface area contributed by atoms with Crippen molar-refractivity contribution in [2.45, 2.75) is 33.8 Å². The van der Waals surface area contributed by atoms with Gasteiger partial charge in [0, 0.05) is 5.39 Å². The van der Waals surface area contributed by atoms with E-state index in [1.165, 1.54) is 0 Å². The van der Waals surface area contributed by atoms with E-state index < -0.39 is 6.10 Å². The first-order valence-electron chi connectivity index (χ1n) is 6.27. The summed E-state index contributed by atoms with van der Waals surface area (Å²) in [5.41, 5.74) is 0.456. The first-order chi connectivity index (χ1) is 8.43. The Hall–Kier alpha value is -1.48. The molecule has 0 saturated heterocycles. The quantitative estimate of drug-likeness (QED) is 0.895. The van der Waals surface area contributed by atoms with Crippen molar-refractivity contribution >= 4 is 11.0 Å². The van der Waals surface area contributed by atoms with Crippen molar-refractivity contribution < 1.29 is 14.3 Å². The summed E-state index contributed by atoms with van der Waals surface area (Å²) >= 11 is 0. The van der Waals surface area contributed by atoms with Crippen LogP contribution in [0.5, 0.6) is 5.75 Å². The van der Waals surface area contributed by atoms with E-state index in [9.17, 15) is 5.11 Å². The second-order valence-corrected chi connectivity index (χ2v) is 5.52. The van der Waals surface area contributed by atoms with Crippen molar-refractivity contribution in [2.24, 2.45) is 5.41 Å². The van der Waals surface area contributed by atoms with Crippen molar-refractivity contribution in [2.75, 3.05) is 6.61 Å². The number of aliphatic hydroxyl groups is 1. The first kappa shape index (κ1) is 13.0. The summed E-state index contributed by atoms with van der Waals surface area (Å²) in [6.07, 6.45) is -0.626. The van der Waals surface area contributed by atoms with E-state index in [0.29, 0.717) is 18.0 Å². The molecular weight excluding hydrogens is 228 g/mol. The van der Waals surface area contributed by atoms with E-state index in [-0.39, 0.29) is 5.41 Å². The largest absolute Gasteiger partial charge is 0.490 e. The Morgan fingerprint density at radius 2 is 2.06 bits per heavy atom. The monoisotopic (exact) mass is 248 g/mol. The fourth-order valence-corrected chi connectivity index (χ4v) is 1.89. The van der Waals surface area contributed by atoms with Gasteiger partial charge in [0.25, 0.3) is 0 Å². The summed E-state index contributed by atoms with van der Waals surface area (Å²) in [5, 5.41) is 11.2. The topological polar surface area (TPSA) is 42.6 Å². The molecule has 1 unspecified atom stereocenters. The smallest absolute Gasteiger partial charge is 0.176 e. The molecule has 18 heavy (non-hydrogen) atoms. The molecule has 1 aromatic heterocycles. The van der Waals surface area contributed by atoms with Crippen molar-refractivity contribution in [1.29, 1.82) is 0 Å². The molecule has 0 aliphatic heterocycles. The molecule has 0 aliphatic rings. The molecule has 0 spiro atoms. The van der Waals surface area contributed by atoms with Gasteiger partial charge in [0.1, 0.15) is 11.9 Å². The maximum Gasteiger partial charge on any atom is 0.176 e. The van der Waals surface area contributed by atoms with Gasteiger partial charge in [0.15, 0.2) is 11.3 Å². The van der Waals surface area contributed by atoms with Crippen molar-refractivity contribution in [3.63, 3.8) is 0 Å². The number of furan rings is 1. The van der Waals surface area contributed by atoms with Crippen molar-refractivity contribution in [3.8, 4) is 5.75 Å². The van der Waals surface area contributed by atoms with Crippen LogP contribution in [0.1, 0.15) is 39.6 Å². The molecule has 1 N–H and O–H groups in total. The molecule has 3 nitrogen and oxygen atoms in total. The van der Waals surface area contributed by atoms with E-state index in [2.05, 4.69) is 0 Å². The summed E-state index contributed by atoms with van der Waals surface area (Å²) in [6, 6.07) is 7.65. The summed E-state index contributed by atoms with van der Waals surface area (Å²) in [5.74, 6) is 1.31. The average molecular weight is 248 g/mol. The van der Waals surface area contributed by atoms with Gasteiger partial charge in [0.2, 0.25) is 0 Å². The Bertz CT molecular complexity index is 534. The molecule has 2 rings (SSSR count). The SMILES string of the molecule is CCOc1cccc2cc(C(O)C(C)(C)C)oc12. The molecule has 0 saturated carbocycles. The third-order valence-corrected chi connectivity index (χ3v) is 2.92. The summed E-state index contributed by atoms with van der Waals surface area (Å²) < 4.78 is 11.3. The Morgan fingerprint density at radius 3 is 2.67 bits per heavy atom. The second-order valence-electron chi connectivity index (χ2n) is 5.52. The zero-order valence-corrected chi connectivity index (χ0v) is 11.4. The minimum atomic E-state index is -0.626. The highest BCUT2D eigenvalue weighted by molar-refractivity contribution is 5.83. The fraction of sp³-hybridized carbons (Fsp3) is 0.467. The van der Waals surface area contributed by atoms with Crippen LogP contribution in [-0.4, -0.2) is 11.7 Å². The lowest BCUT2D eigenvalue weighted by atomic mass is 9.88. The average Bonchev–Trinajstić information content (AvgIpc) is 2.71. The highest BCUT2D eigenvalue weighted by Crippen LogP contribution is 2.37. The fourth-order valence-electron chi connectivity index (χ4n) is 1.89. The van der Waals surface area contributed by atoms with Gasteiger partial charge in [-0.05, 0) is 24.5 Å². The number of para-hydroxylation sites is 1. The van der Waals surface area contributed by atoms with E-state index in [0.717, 1.165) is 11.1 Å². The third kappa shape index (κ3) is 2.36. The van der Waals surface area contributed by atoms with Gasteiger partial charge in [0.05, 0.1) is 6.61 Å². The lowest BCUT2D eigenvalue weighted by molar-refractivity contribution is 0.0447. The van der Waals surface area contributed by atoms with Crippen molar-refractivity contribution in [1.82, 2.24) is 0 Å². The van der Waals surface area contributed by atoms with Crippen LogP contribution in [0.2, 0.25) is 0 Å². The number of hydrogen-bond donors (Lipinski definition) is 1. The summed E-state index contributed by atoms with van der Waals surface area (Å²) in [4.78, 5) is 0. The van der Waals surface area contributed by atoms with Gasteiger partial charge in [-0.3, -0.25) is 0 Å². The molecule has 1 aromatic carbocycles. The zero-order chi connectivity index (χ0) is 13.3. The Kier molecular flexibility index (Phi) is 3.35. The molecule has 98 valence electrons. The second kappa shape index (κ2) is 4.65. The minimum absolute atomic E-state index is 0.250. The molecule has 0 radical (unpaired) electrons. The van der Waals surface area contributed by atoms with Crippen LogP contribution in [0.3, 0.4) is 0 Å². The van der Waals surface area contributed by atoms with Crippen LogP contribution in [0, 0.1) is 5.41 Å². The molecule has 1 atom stereocenters. The number of rotatable bonds is 3. The van der Waals surface area contributed by atoms with E-state index in [4.69, 9.17) is 9.15 Å². The maximum absolute atomic E-state index is 10.2.